The molecule has 0 saturated heterocycles. The second-order valence-corrected chi connectivity index (χ2v) is 5.10. The monoisotopic (exact) mass is 312 g/mol. The van der Waals surface area contributed by atoms with Crippen molar-refractivity contribution in [3.8, 4) is 11.5 Å². The number of ketones is 1. The highest BCUT2D eigenvalue weighted by Gasteiger charge is 2.16. The van der Waals surface area contributed by atoms with E-state index < -0.39 is 5.97 Å². The molecule has 0 radical (unpaired) electrons. The van der Waals surface area contributed by atoms with Gasteiger partial charge in [0.05, 0.1) is 6.42 Å². The van der Waals surface area contributed by atoms with Gasteiger partial charge in [0, 0.05) is 5.56 Å². The van der Waals surface area contributed by atoms with E-state index in [0.717, 1.165) is 5.56 Å². The summed E-state index contributed by atoms with van der Waals surface area (Å²) in [7, 11) is 0. The van der Waals surface area contributed by atoms with Crippen LogP contribution >= 0.6 is 0 Å². The molecule has 5 nitrogen and oxygen atoms in total. The van der Waals surface area contributed by atoms with Crippen molar-refractivity contribution < 1.29 is 23.8 Å². The zero-order valence-corrected chi connectivity index (χ0v) is 12.5. The van der Waals surface area contributed by atoms with Crippen molar-refractivity contribution in [2.24, 2.45) is 0 Å². The number of benzene rings is 2. The largest absolute Gasteiger partial charge is 0.486 e. The highest BCUT2D eigenvalue weighted by atomic mass is 16.6. The predicted octanol–water partition coefficient (Wildman–Crippen LogP) is 2.43. The third kappa shape index (κ3) is 3.88. The number of rotatable bonds is 5. The summed E-state index contributed by atoms with van der Waals surface area (Å²) in [6.45, 7) is 0.666. The van der Waals surface area contributed by atoms with Gasteiger partial charge < -0.3 is 14.2 Å². The lowest BCUT2D eigenvalue weighted by atomic mass is 10.1. The van der Waals surface area contributed by atoms with Crippen LogP contribution in [0.25, 0.3) is 0 Å². The highest BCUT2D eigenvalue weighted by Crippen LogP contribution is 2.30. The number of Topliss-reactive ketones (excluding diaryl/α,β-unsaturated/α-hetero) is 1. The number of fused-ring (bicyclic) bond motifs is 1. The van der Waals surface area contributed by atoms with E-state index in [9.17, 15) is 9.59 Å². The van der Waals surface area contributed by atoms with Crippen LogP contribution < -0.4 is 9.47 Å². The van der Waals surface area contributed by atoms with E-state index >= 15 is 0 Å². The molecule has 0 atom stereocenters. The minimum atomic E-state index is -0.429. The molecular weight excluding hydrogens is 296 g/mol. The predicted molar refractivity (Wildman–Crippen MR) is 82.9 cm³/mol. The third-order valence-electron chi connectivity index (χ3n) is 3.42. The summed E-state index contributed by atoms with van der Waals surface area (Å²) >= 11 is 0. The summed E-state index contributed by atoms with van der Waals surface area (Å²) in [6, 6.07) is 14.2. The molecule has 0 amide bonds. The lowest BCUT2D eigenvalue weighted by molar-refractivity contribution is -0.141. The minimum Gasteiger partial charge on any atom is -0.486 e. The van der Waals surface area contributed by atoms with Gasteiger partial charge in [0.25, 0.3) is 0 Å². The lowest BCUT2D eigenvalue weighted by Gasteiger charge is -2.18. The SMILES string of the molecule is O=C(Cc1ccccc1)OCC(=O)c1ccc2c(c1)OCCO2. The number of carbonyl (C=O) groups is 2. The Kier molecular flexibility index (Phi) is 4.57. The van der Waals surface area contributed by atoms with Crippen LogP contribution in [-0.4, -0.2) is 31.6 Å². The van der Waals surface area contributed by atoms with Crippen molar-refractivity contribution in [2.75, 3.05) is 19.8 Å². The number of hydrogen-bond acceptors (Lipinski definition) is 5. The van der Waals surface area contributed by atoms with E-state index in [4.69, 9.17) is 14.2 Å². The Morgan fingerprint density at radius 3 is 2.48 bits per heavy atom. The van der Waals surface area contributed by atoms with Gasteiger partial charge in [-0.3, -0.25) is 9.59 Å². The van der Waals surface area contributed by atoms with Crippen LogP contribution in [0.1, 0.15) is 15.9 Å². The second kappa shape index (κ2) is 6.96. The van der Waals surface area contributed by atoms with Gasteiger partial charge in [-0.2, -0.15) is 0 Å². The van der Waals surface area contributed by atoms with Gasteiger partial charge in [-0.15, -0.1) is 0 Å². The van der Waals surface area contributed by atoms with Crippen molar-refractivity contribution in [1.82, 2.24) is 0 Å². The first-order valence-electron chi connectivity index (χ1n) is 7.35. The first-order chi connectivity index (χ1) is 11.2. The summed E-state index contributed by atoms with van der Waals surface area (Å²) in [5.74, 6) is 0.456. The normalized spacial score (nSPS) is 12.5. The van der Waals surface area contributed by atoms with Crippen molar-refractivity contribution >= 4 is 11.8 Å². The quantitative estimate of drug-likeness (QED) is 0.627. The van der Waals surface area contributed by atoms with E-state index in [-0.39, 0.29) is 18.8 Å². The fraction of sp³-hybridized carbons (Fsp3) is 0.222. The summed E-state index contributed by atoms with van der Waals surface area (Å²) in [6.07, 6.45) is 0.148. The number of hydrogen-bond donors (Lipinski definition) is 0. The fourth-order valence-electron chi connectivity index (χ4n) is 2.26. The molecule has 2 aromatic rings. The van der Waals surface area contributed by atoms with Crippen LogP contribution in [-0.2, 0) is 16.0 Å². The topological polar surface area (TPSA) is 61.8 Å². The number of ether oxygens (including phenoxy) is 3. The summed E-state index contributed by atoms with van der Waals surface area (Å²) in [5.41, 5.74) is 1.28. The average molecular weight is 312 g/mol. The standard InChI is InChI=1S/C18H16O5/c19-15(12-23-18(20)10-13-4-2-1-3-5-13)14-6-7-16-17(11-14)22-9-8-21-16/h1-7,11H,8-10,12H2. The van der Waals surface area contributed by atoms with Crippen LogP contribution in [0.2, 0.25) is 0 Å². The van der Waals surface area contributed by atoms with Crippen LogP contribution in [0, 0.1) is 0 Å². The second-order valence-electron chi connectivity index (χ2n) is 5.10. The van der Waals surface area contributed by atoms with Gasteiger partial charge in [-0.25, -0.2) is 0 Å². The molecule has 0 fully saturated rings. The van der Waals surface area contributed by atoms with Gasteiger partial charge in [-0.1, -0.05) is 30.3 Å². The van der Waals surface area contributed by atoms with Crippen molar-refractivity contribution in [3.05, 3.63) is 59.7 Å². The maximum atomic E-state index is 12.1. The highest BCUT2D eigenvalue weighted by molar-refractivity contribution is 5.98. The van der Waals surface area contributed by atoms with E-state index in [2.05, 4.69) is 0 Å². The smallest absolute Gasteiger partial charge is 0.310 e. The molecule has 118 valence electrons. The van der Waals surface area contributed by atoms with E-state index in [1.54, 1.807) is 18.2 Å². The number of carbonyl (C=O) groups excluding carboxylic acids is 2. The van der Waals surface area contributed by atoms with Crippen molar-refractivity contribution in [2.45, 2.75) is 6.42 Å². The average Bonchev–Trinajstić information content (AvgIpc) is 2.60. The molecule has 3 rings (SSSR count). The molecular formula is C18H16O5. The molecule has 0 unspecified atom stereocenters. The molecule has 5 heteroatoms. The van der Waals surface area contributed by atoms with E-state index in [0.29, 0.717) is 30.3 Å². The summed E-state index contributed by atoms with van der Waals surface area (Å²) in [5, 5.41) is 0. The Hall–Kier alpha value is -2.82. The molecule has 1 heterocycles. The van der Waals surface area contributed by atoms with Gasteiger partial charge in [0.2, 0.25) is 0 Å². The minimum absolute atomic E-state index is 0.148. The zero-order valence-electron chi connectivity index (χ0n) is 12.5. The van der Waals surface area contributed by atoms with Crippen LogP contribution in [0.5, 0.6) is 11.5 Å². The Morgan fingerprint density at radius 2 is 1.70 bits per heavy atom. The Balaban J connectivity index is 1.56. The Labute approximate surface area is 133 Å². The first kappa shape index (κ1) is 15.1. The van der Waals surface area contributed by atoms with Crippen LogP contribution in [0.4, 0.5) is 0 Å². The van der Waals surface area contributed by atoms with Crippen LogP contribution in [0.15, 0.2) is 48.5 Å². The maximum absolute atomic E-state index is 12.1. The molecule has 23 heavy (non-hydrogen) atoms. The van der Waals surface area contributed by atoms with Crippen molar-refractivity contribution in [1.29, 1.82) is 0 Å². The molecule has 0 N–H and O–H groups in total. The summed E-state index contributed by atoms with van der Waals surface area (Å²) in [4.78, 5) is 23.9. The fourth-order valence-corrected chi connectivity index (χ4v) is 2.26. The number of esters is 1. The third-order valence-corrected chi connectivity index (χ3v) is 3.42. The summed E-state index contributed by atoms with van der Waals surface area (Å²) < 4.78 is 15.9. The van der Waals surface area contributed by atoms with Gasteiger partial charge in [0.1, 0.15) is 13.2 Å². The molecule has 0 saturated carbocycles. The molecule has 2 aromatic carbocycles. The van der Waals surface area contributed by atoms with Crippen molar-refractivity contribution in [3.63, 3.8) is 0 Å². The molecule has 1 aliphatic rings. The zero-order chi connectivity index (χ0) is 16.1. The van der Waals surface area contributed by atoms with Crippen LogP contribution in [0.3, 0.4) is 0 Å². The first-order valence-corrected chi connectivity index (χ1v) is 7.35. The van der Waals surface area contributed by atoms with E-state index in [1.807, 2.05) is 30.3 Å². The Morgan fingerprint density at radius 1 is 0.957 bits per heavy atom. The molecule has 0 bridgehead atoms. The molecule has 0 aromatic heterocycles. The van der Waals surface area contributed by atoms with Gasteiger partial charge in [0.15, 0.2) is 23.9 Å². The Bertz CT molecular complexity index is 709. The van der Waals surface area contributed by atoms with Gasteiger partial charge >= 0.3 is 5.97 Å². The maximum Gasteiger partial charge on any atom is 0.310 e. The molecule has 1 aliphatic heterocycles. The van der Waals surface area contributed by atoms with E-state index in [1.165, 1.54) is 0 Å². The lowest BCUT2D eigenvalue weighted by Crippen LogP contribution is -2.18. The van der Waals surface area contributed by atoms with Gasteiger partial charge in [-0.05, 0) is 23.8 Å². The molecule has 0 spiro atoms. The molecule has 0 aliphatic carbocycles.